The molecule has 0 aromatic heterocycles. The molecule has 2 aliphatic rings. The van der Waals surface area contributed by atoms with E-state index in [1.165, 1.54) is 0 Å². The first-order valence-electron chi connectivity index (χ1n) is 6.40. The van der Waals surface area contributed by atoms with Gasteiger partial charge in [0, 0.05) is 19.0 Å². The van der Waals surface area contributed by atoms with E-state index in [9.17, 15) is 14.7 Å². The number of nitrogens with zero attached hydrogens (tertiary/aromatic N) is 1. The number of hydrogen-bond donors (Lipinski definition) is 2. The summed E-state index contributed by atoms with van der Waals surface area (Å²) in [7, 11) is 0. The molecule has 0 radical (unpaired) electrons. The molecule has 2 N–H and O–H groups in total. The standard InChI is InChI=1S/C12H20N2O3/c15-10-5-6-14(8-10)11(16)7-13-12(17)9-3-1-2-4-9/h9-10,15H,1-8H2,(H,13,17)/t10-/m1/s1. The van der Waals surface area contributed by atoms with Crippen molar-refractivity contribution in [2.24, 2.45) is 5.92 Å². The van der Waals surface area contributed by atoms with Crippen LogP contribution >= 0.6 is 0 Å². The summed E-state index contributed by atoms with van der Waals surface area (Å²) in [5.41, 5.74) is 0. The molecule has 1 saturated heterocycles. The second kappa shape index (κ2) is 5.49. The van der Waals surface area contributed by atoms with Crippen molar-refractivity contribution in [2.45, 2.75) is 38.2 Å². The SMILES string of the molecule is O=C(NCC(=O)N1CC[C@@H](O)C1)C1CCCC1. The minimum absolute atomic E-state index is 0.00981. The van der Waals surface area contributed by atoms with Crippen LogP contribution in [0.1, 0.15) is 32.1 Å². The molecule has 5 heteroatoms. The number of rotatable bonds is 3. The molecule has 2 amide bonds. The molecule has 1 aliphatic heterocycles. The minimum atomic E-state index is -0.399. The van der Waals surface area contributed by atoms with E-state index in [0.29, 0.717) is 19.5 Å². The average molecular weight is 240 g/mol. The number of aliphatic hydroxyl groups is 1. The molecular formula is C12H20N2O3. The summed E-state index contributed by atoms with van der Waals surface area (Å²) >= 11 is 0. The minimum Gasteiger partial charge on any atom is -0.391 e. The highest BCUT2D eigenvalue weighted by Crippen LogP contribution is 2.24. The van der Waals surface area contributed by atoms with Gasteiger partial charge in [0.1, 0.15) is 0 Å². The van der Waals surface area contributed by atoms with E-state index >= 15 is 0 Å². The molecule has 2 fully saturated rings. The Labute approximate surface area is 101 Å². The normalized spacial score (nSPS) is 25.2. The Morgan fingerprint density at radius 1 is 1.24 bits per heavy atom. The van der Waals surface area contributed by atoms with E-state index in [0.717, 1.165) is 25.7 Å². The number of aliphatic hydroxyl groups excluding tert-OH is 1. The van der Waals surface area contributed by atoms with Gasteiger partial charge >= 0.3 is 0 Å². The van der Waals surface area contributed by atoms with Crippen LogP contribution in [0.15, 0.2) is 0 Å². The third-order valence-electron chi connectivity index (χ3n) is 3.66. The largest absolute Gasteiger partial charge is 0.391 e. The number of likely N-dealkylation sites (tertiary alicyclic amines) is 1. The second-order valence-electron chi connectivity index (χ2n) is 4.98. The van der Waals surface area contributed by atoms with Crippen molar-refractivity contribution in [3.63, 3.8) is 0 Å². The molecule has 0 aromatic carbocycles. The van der Waals surface area contributed by atoms with Gasteiger partial charge in [-0.2, -0.15) is 0 Å². The van der Waals surface area contributed by atoms with Gasteiger partial charge in [0.05, 0.1) is 12.6 Å². The highest BCUT2D eigenvalue weighted by atomic mass is 16.3. The molecule has 1 heterocycles. The Bertz CT molecular complexity index is 300. The molecule has 5 nitrogen and oxygen atoms in total. The van der Waals surface area contributed by atoms with E-state index in [2.05, 4.69) is 5.32 Å². The van der Waals surface area contributed by atoms with E-state index in [-0.39, 0.29) is 24.3 Å². The van der Waals surface area contributed by atoms with Crippen molar-refractivity contribution in [1.82, 2.24) is 10.2 Å². The number of amides is 2. The number of carbonyl (C=O) groups excluding carboxylic acids is 2. The van der Waals surface area contributed by atoms with Crippen molar-refractivity contribution >= 4 is 11.8 Å². The Kier molecular flexibility index (Phi) is 3.99. The van der Waals surface area contributed by atoms with Crippen LogP contribution in [0.2, 0.25) is 0 Å². The van der Waals surface area contributed by atoms with Crippen LogP contribution in [0.4, 0.5) is 0 Å². The number of hydrogen-bond acceptors (Lipinski definition) is 3. The highest BCUT2D eigenvalue weighted by Gasteiger charge is 2.26. The van der Waals surface area contributed by atoms with Crippen LogP contribution < -0.4 is 5.32 Å². The zero-order chi connectivity index (χ0) is 12.3. The fourth-order valence-electron chi connectivity index (χ4n) is 2.58. The Balaban J connectivity index is 1.70. The number of nitrogens with one attached hydrogen (secondary N) is 1. The van der Waals surface area contributed by atoms with E-state index in [1.807, 2.05) is 0 Å². The maximum Gasteiger partial charge on any atom is 0.242 e. The molecule has 96 valence electrons. The van der Waals surface area contributed by atoms with Gasteiger partial charge in [-0.15, -0.1) is 0 Å². The van der Waals surface area contributed by atoms with Gasteiger partial charge in [-0.3, -0.25) is 9.59 Å². The van der Waals surface area contributed by atoms with E-state index in [4.69, 9.17) is 0 Å². The predicted molar refractivity (Wildman–Crippen MR) is 62.2 cm³/mol. The van der Waals surface area contributed by atoms with Gasteiger partial charge in [-0.1, -0.05) is 12.8 Å². The predicted octanol–water partition coefficient (Wildman–Crippen LogP) is -0.114. The molecule has 0 unspecified atom stereocenters. The first-order valence-corrected chi connectivity index (χ1v) is 6.40. The molecular weight excluding hydrogens is 220 g/mol. The van der Waals surface area contributed by atoms with Gasteiger partial charge in [0.15, 0.2) is 0 Å². The fourth-order valence-corrected chi connectivity index (χ4v) is 2.58. The summed E-state index contributed by atoms with van der Waals surface area (Å²) in [6, 6.07) is 0. The van der Waals surface area contributed by atoms with E-state index < -0.39 is 6.10 Å². The van der Waals surface area contributed by atoms with Crippen molar-refractivity contribution in [3.8, 4) is 0 Å². The van der Waals surface area contributed by atoms with Crippen molar-refractivity contribution in [2.75, 3.05) is 19.6 Å². The molecule has 17 heavy (non-hydrogen) atoms. The lowest BCUT2D eigenvalue weighted by molar-refractivity contribution is -0.133. The van der Waals surface area contributed by atoms with Crippen molar-refractivity contribution in [1.29, 1.82) is 0 Å². The molecule has 1 aliphatic carbocycles. The fraction of sp³-hybridized carbons (Fsp3) is 0.833. The van der Waals surface area contributed by atoms with Gasteiger partial charge in [-0.25, -0.2) is 0 Å². The topological polar surface area (TPSA) is 69.6 Å². The molecule has 1 saturated carbocycles. The summed E-state index contributed by atoms with van der Waals surface area (Å²) in [5, 5.41) is 12.0. The number of carbonyl (C=O) groups is 2. The quantitative estimate of drug-likeness (QED) is 0.723. The Hall–Kier alpha value is -1.10. The summed E-state index contributed by atoms with van der Waals surface area (Å²) < 4.78 is 0. The first-order chi connectivity index (χ1) is 8.16. The Morgan fingerprint density at radius 2 is 1.94 bits per heavy atom. The smallest absolute Gasteiger partial charge is 0.242 e. The van der Waals surface area contributed by atoms with Gasteiger partial charge in [-0.05, 0) is 19.3 Å². The number of β-amino-alcohol motifs (C(OH)–C–C–N with tert-alkyl or cyclic N) is 1. The molecule has 0 spiro atoms. The van der Waals surface area contributed by atoms with Crippen LogP contribution in [0.3, 0.4) is 0 Å². The summed E-state index contributed by atoms with van der Waals surface area (Å²) in [5.74, 6) is 0.0236. The zero-order valence-corrected chi connectivity index (χ0v) is 10.0. The van der Waals surface area contributed by atoms with E-state index in [1.54, 1.807) is 4.90 Å². The lowest BCUT2D eigenvalue weighted by Crippen LogP contribution is -2.41. The van der Waals surface area contributed by atoms with Crippen molar-refractivity contribution < 1.29 is 14.7 Å². The second-order valence-corrected chi connectivity index (χ2v) is 4.98. The summed E-state index contributed by atoms with van der Waals surface area (Å²) in [4.78, 5) is 25.0. The monoisotopic (exact) mass is 240 g/mol. The van der Waals surface area contributed by atoms with Crippen LogP contribution in [-0.2, 0) is 9.59 Å². The molecule has 1 atom stereocenters. The molecule has 0 aromatic rings. The van der Waals surface area contributed by atoms with Crippen LogP contribution in [0.25, 0.3) is 0 Å². The maximum atomic E-state index is 11.7. The zero-order valence-electron chi connectivity index (χ0n) is 10.0. The van der Waals surface area contributed by atoms with Crippen molar-refractivity contribution in [3.05, 3.63) is 0 Å². The lowest BCUT2D eigenvalue weighted by Gasteiger charge is -2.16. The van der Waals surface area contributed by atoms with Crippen LogP contribution in [0.5, 0.6) is 0 Å². The highest BCUT2D eigenvalue weighted by molar-refractivity contribution is 5.86. The van der Waals surface area contributed by atoms with Gasteiger partial charge in [0.25, 0.3) is 0 Å². The third kappa shape index (κ3) is 3.19. The first kappa shape index (κ1) is 12.4. The van der Waals surface area contributed by atoms with Crippen LogP contribution in [-0.4, -0.2) is 47.6 Å². The summed E-state index contributed by atoms with van der Waals surface area (Å²) in [6.45, 7) is 1.07. The third-order valence-corrected chi connectivity index (χ3v) is 3.66. The Morgan fingerprint density at radius 3 is 2.53 bits per heavy atom. The molecule has 0 bridgehead atoms. The average Bonchev–Trinajstić information content (AvgIpc) is 2.95. The summed E-state index contributed by atoms with van der Waals surface area (Å²) in [6.07, 6.45) is 4.37. The van der Waals surface area contributed by atoms with Gasteiger partial charge in [0.2, 0.25) is 11.8 Å². The lowest BCUT2D eigenvalue weighted by atomic mass is 10.1. The van der Waals surface area contributed by atoms with Crippen LogP contribution in [0, 0.1) is 5.92 Å². The maximum absolute atomic E-state index is 11.7. The van der Waals surface area contributed by atoms with Gasteiger partial charge < -0.3 is 15.3 Å². The molecule has 2 rings (SSSR count).